The van der Waals surface area contributed by atoms with Crippen LogP contribution < -0.4 is 9.41 Å². The van der Waals surface area contributed by atoms with Gasteiger partial charge < -0.3 is 9.41 Å². The van der Waals surface area contributed by atoms with E-state index in [1.807, 2.05) is 0 Å². The zero-order valence-electron chi connectivity index (χ0n) is 14.6. The van der Waals surface area contributed by atoms with E-state index in [9.17, 15) is 0 Å². The maximum atomic E-state index is 3.32. The molecule has 0 saturated carbocycles. The van der Waals surface area contributed by atoms with E-state index in [1.165, 1.54) is 62.5 Å². The monoisotopic (exact) mass is 488 g/mol. The van der Waals surface area contributed by atoms with Crippen molar-refractivity contribution in [1.29, 1.82) is 0 Å². The Morgan fingerprint density at radius 3 is 1.39 bits per heavy atom. The molecule has 23 heavy (non-hydrogen) atoms. The Balaban J connectivity index is -0.000000308. The van der Waals surface area contributed by atoms with Crippen LogP contribution in [0.15, 0.2) is 35.5 Å². The Morgan fingerprint density at radius 2 is 1.13 bits per heavy atom. The summed E-state index contributed by atoms with van der Waals surface area (Å²) in [5, 5.41) is 0. The summed E-state index contributed by atoms with van der Waals surface area (Å²) in [6.07, 6.45) is 28.0. The molecule has 0 atom stereocenters. The minimum Gasteiger partial charge on any atom is -1.00 e. The summed E-state index contributed by atoms with van der Waals surface area (Å²) in [7, 11) is 0. The van der Waals surface area contributed by atoms with Crippen LogP contribution in [0, 0.1) is 12.2 Å². The van der Waals surface area contributed by atoms with Crippen molar-refractivity contribution in [2.24, 2.45) is 0 Å². The fourth-order valence-electron chi connectivity index (χ4n) is 2.37. The molecule has 0 nitrogen and oxygen atoms in total. The molecule has 0 aromatic heterocycles. The van der Waals surface area contributed by atoms with Gasteiger partial charge in [0.25, 0.3) is 0 Å². The average molecular weight is 487 g/mol. The Hall–Kier alpha value is -0.310. The number of hydrogen-bond acceptors (Lipinski definition) is 0. The number of rotatable bonds is 8. The number of halogens is 2. The molecule has 0 radical (unpaired) electrons. The Kier molecular flexibility index (Phi) is 23.6. The molecular weight excluding hydrogens is 457 g/mol. The SMILES string of the molecule is CCCCCC1=[C-]CC=C1.CCCCCC1=[C-]CC=C1.[F-].[F-].[Hf+4]. The minimum absolute atomic E-state index is 0. The first kappa shape index (κ1) is 27.5. The second-order valence-electron chi connectivity index (χ2n) is 5.53. The van der Waals surface area contributed by atoms with Gasteiger partial charge in [0.1, 0.15) is 0 Å². The van der Waals surface area contributed by atoms with E-state index in [2.05, 4.69) is 50.3 Å². The quantitative estimate of drug-likeness (QED) is 0.267. The van der Waals surface area contributed by atoms with Gasteiger partial charge in [-0.3, -0.25) is 12.2 Å². The van der Waals surface area contributed by atoms with Crippen LogP contribution in [0.1, 0.15) is 78.1 Å². The van der Waals surface area contributed by atoms with E-state index in [4.69, 9.17) is 0 Å². The van der Waals surface area contributed by atoms with E-state index in [1.54, 1.807) is 0 Å². The Morgan fingerprint density at radius 1 is 0.739 bits per heavy atom. The fraction of sp³-hybridized carbons (Fsp3) is 0.600. The van der Waals surface area contributed by atoms with Crippen molar-refractivity contribution < 1.29 is 35.3 Å². The van der Waals surface area contributed by atoms with Crippen LogP contribution in [0.25, 0.3) is 0 Å². The van der Waals surface area contributed by atoms with Crippen LogP contribution in [-0.4, -0.2) is 0 Å². The van der Waals surface area contributed by atoms with Crippen LogP contribution in [0.4, 0.5) is 0 Å². The Bertz CT molecular complexity index is 332. The van der Waals surface area contributed by atoms with E-state index in [0.717, 1.165) is 12.8 Å². The van der Waals surface area contributed by atoms with Crippen LogP contribution in [0.3, 0.4) is 0 Å². The molecule has 0 aromatic rings. The van der Waals surface area contributed by atoms with Gasteiger partial charge in [-0.1, -0.05) is 65.2 Å². The molecule has 0 heterocycles. The molecule has 2 aliphatic carbocycles. The van der Waals surface area contributed by atoms with Crippen molar-refractivity contribution in [3.05, 3.63) is 47.6 Å². The van der Waals surface area contributed by atoms with Gasteiger partial charge in [0.15, 0.2) is 0 Å². The van der Waals surface area contributed by atoms with Crippen molar-refractivity contribution in [2.45, 2.75) is 78.1 Å². The molecule has 0 unspecified atom stereocenters. The normalized spacial score (nSPS) is 13.8. The van der Waals surface area contributed by atoms with Crippen molar-refractivity contribution >= 4 is 0 Å². The number of allylic oxidation sites excluding steroid dienone is 8. The van der Waals surface area contributed by atoms with E-state index in [-0.39, 0.29) is 35.3 Å². The summed E-state index contributed by atoms with van der Waals surface area (Å²) in [5.74, 6) is 0. The summed E-state index contributed by atoms with van der Waals surface area (Å²) < 4.78 is 0. The van der Waals surface area contributed by atoms with Gasteiger partial charge in [-0.2, -0.15) is 12.2 Å². The fourth-order valence-corrected chi connectivity index (χ4v) is 2.37. The summed E-state index contributed by atoms with van der Waals surface area (Å²) in [4.78, 5) is 0. The number of hydrogen-bond donors (Lipinski definition) is 0. The maximum absolute atomic E-state index is 3.32. The van der Waals surface area contributed by atoms with Crippen molar-refractivity contribution in [3.8, 4) is 0 Å². The molecule has 2 rings (SSSR count). The van der Waals surface area contributed by atoms with Crippen LogP contribution in [0.5, 0.6) is 0 Å². The second-order valence-corrected chi connectivity index (χ2v) is 5.53. The topological polar surface area (TPSA) is 0 Å². The summed E-state index contributed by atoms with van der Waals surface area (Å²) >= 11 is 0. The molecule has 3 heteroatoms. The van der Waals surface area contributed by atoms with Crippen molar-refractivity contribution in [3.63, 3.8) is 0 Å². The third-order valence-electron chi connectivity index (χ3n) is 3.63. The molecule has 0 fully saturated rings. The summed E-state index contributed by atoms with van der Waals surface area (Å²) in [5.41, 5.74) is 2.85. The molecule has 2 aliphatic rings. The molecule has 0 N–H and O–H groups in total. The van der Waals surface area contributed by atoms with E-state index >= 15 is 0 Å². The third-order valence-corrected chi connectivity index (χ3v) is 3.63. The van der Waals surface area contributed by atoms with Crippen LogP contribution in [0.2, 0.25) is 0 Å². The molecule has 0 amide bonds. The first-order valence-corrected chi connectivity index (χ1v) is 8.39. The summed E-state index contributed by atoms with van der Waals surface area (Å²) in [6.45, 7) is 4.48. The molecule has 0 aromatic carbocycles. The maximum Gasteiger partial charge on any atom is 4.00 e. The zero-order valence-corrected chi connectivity index (χ0v) is 18.2. The zero-order chi connectivity index (χ0) is 14.5. The molecular formula is C20H30F2Hf. The van der Waals surface area contributed by atoms with Gasteiger partial charge in [-0.05, 0) is 0 Å². The van der Waals surface area contributed by atoms with Crippen LogP contribution in [-0.2, 0) is 25.8 Å². The smallest absolute Gasteiger partial charge is 1.00 e. The van der Waals surface area contributed by atoms with E-state index in [0.29, 0.717) is 0 Å². The predicted octanol–water partition coefficient (Wildman–Crippen LogP) is 0.518. The molecule has 128 valence electrons. The van der Waals surface area contributed by atoms with Gasteiger partial charge in [0, 0.05) is 0 Å². The Labute approximate surface area is 160 Å². The standard InChI is InChI=1S/2C10H15.2FH.Hf/c2*1-2-3-4-7-10-8-5-6-9-10;;;/h2*5,8H,2-4,6-7H2,1H3;2*1H;/q2*-1;;;+4/p-2. The minimum atomic E-state index is 0. The van der Waals surface area contributed by atoms with Crippen molar-refractivity contribution in [1.82, 2.24) is 0 Å². The second kappa shape index (κ2) is 19.7. The predicted molar refractivity (Wildman–Crippen MR) is 89.3 cm³/mol. The van der Waals surface area contributed by atoms with Gasteiger partial charge in [0.05, 0.1) is 0 Å². The van der Waals surface area contributed by atoms with Gasteiger partial charge in [-0.25, -0.2) is 23.3 Å². The van der Waals surface area contributed by atoms with Gasteiger partial charge in [-0.15, -0.1) is 12.8 Å². The summed E-state index contributed by atoms with van der Waals surface area (Å²) in [6, 6.07) is 0. The largest absolute Gasteiger partial charge is 4.00 e. The molecule has 0 spiro atoms. The van der Waals surface area contributed by atoms with Crippen LogP contribution >= 0.6 is 0 Å². The first-order chi connectivity index (χ1) is 9.86. The van der Waals surface area contributed by atoms with E-state index < -0.39 is 0 Å². The molecule has 0 bridgehead atoms. The van der Waals surface area contributed by atoms with Gasteiger partial charge in [0.2, 0.25) is 0 Å². The van der Waals surface area contributed by atoms with Gasteiger partial charge >= 0.3 is 25.8 Å². The van der Waals surface area contributed by atoms with Crippen molar-refractivity contribution in [2.75, 3.05) is 0 Å². The average Bonchev–Trinajstić information content (AvgIpc) is 3.13. The molecule has 0 saturated heterocycles. The first-order valence-electron chi connectivity index (χ1n) is 8.39. The number of unbranched alkanes of at least 4 members (excludes halogenated alkanes) is 4. The molecule has 0 aliphatic heterocycles. The third kappa shape index (κ3) is 15.0.